The molecule has 0 aliphatic heterocycles. The molecule has 6 nitrogen and oxygen atoms in total. The molecule has 7 heteroatoms. The van der Waals surface area contributed by atoms with Gasteiger partial charge in [-0.3, -0.25) is 4.68 Å². The highest BCUT2D eigenvalue weighted by molar-refractivity contribution is 7.90. The van der Waals surface area contributed by atoms with E-state index >= 15 is 0 Å². The summed E-state index contributed by atoms with van der Waals surface area (Å²) in [5, 5.41) is 12.6. The van der Waals surface area contributed by atoms with Gasteiger partial charge in [-0.05, 0) is 6.42 Å². The maximum atomic E-state index is 11.1. The second kappa shape index (κ2) is 4.01. The van der Waals surface area contributed by atoms with Crippen LogP contribution in [0.15, 0.2) is 17.3 Å². The molecule has 0 saturated heterocycles. The fourth-order valence-corrected chi connectivity index (χ4v) is 1.70. The van der Waals surface area contributed by atoms with Gasteiger partial charge in [0, 0.05) is 12.5 Å². The molecule has 1 heterocycles. The smallest absolute Gasteiger partial charge is 0.328 e. The quantitative estimate of drug-likeness (QED) is 0.807. The van der Waals surface area contributed by atoms with Gasteiger partial charge in [0.15, 0.2) is 9.84 Å². The number of aromatic nitrogens is 2. The molecule has 0 aliphatic rings. The molecular weight excluding hydrogens is 220 g/mol. The molecule has 84 valence electrons. The lowest BCUT2D eigenvalue weighted by molar-refractivity contribution is -0.141. The second-order valence-corrected chi connectivity index (χ2v) is 5.21. The van der Waals surface area contributed by atoms with Gasteiger partial charge in [0.25, 0.3) is 0 Å². The number of rotatable bonds is 4. The Balaban J connectivity index is 3.08. The van der Waals surface area contributed by atoms with Crippen LogP contribution in [-0.4, -0.2) is 35.5 Å². The molecule has 15 heavy (non-hydrogen) atoms. The van der Waals surface area contributed by atoms with Crippen LogP contribution in [-0.2, 0) is 14.6 Å². The molecule has 0 amide bonds. The van der Waals surface area contributed by atoms with Gasteiger partial charge in [0.2, 0.25) is 0 Å². The van der Waals surface area contributed by atoms with Crippen molar-refractivity contribution in [2.24, 2.45) is 0 Å². The number of sulfone groups is 1. The highest BCUT2D eigenvalue weighted by atomic mass is 32.2. The van der Waals surface area contributed by atoms with Gasteiger partial charge in [0.1, 0.15) is 10.9 Å². The van der Waals surface area contributed by atoms with E-state index in [1.807, 2.05) is 0 Å². The third-order valence-corrected chi connectivity index (χ3v) is 3.06. The minimum absolute atomic E-state index is 0.0298. The Kier molecular flexibility index (Phi) is 3.13. The first-order valence-corrected chi connectivity index (χ1v) is 6.22. The van der Waals surface area contributed by atoms with E-state index in [4.69, 9.17) is 5.11 Å². The minimum Gasteiger partial charge on any atom is -0.480 e. The van der Waals surface area contributed by atoms with E-state index < -0.39 is 21.8 Å². The summed E-state index contributed by atoms with van der Waals surface area (Å²) in [6, 6.07) is -0.819. The van der Waals surface area contributed by atoms with Gasteiger partial charge < -0.3 is 5.11 Å². The number of carboxylic acid groups (broad SMARTS) is 1. The first-order valence-electron chi connectivity index (χ1n) is 4.33. The van der Waals surface area contributed by atoms with Gasteiger partial charge in [-0.15, -0.1) is 0 Å². The normalized spacial score (nSPS) is 13.7. The van der Waals surface area contributed by atoms with E-state index in [1.165, 1.54) is 6.20 Å². The van der Waals surface area contributed by atoms with E-state index in [9.17, 15) is 13.2 Å². The molecule has 0 aromatic carbocycles. The molecule has 0 radical (unpaired) electrons. The summed E-state index contributed by atoms with van der Waals surface area (Å²) in [6.45, 7) is 1.70. The van der Waals surface area contributed by atoms with Crippen LogP contribution in [0.5, 0.6) is 0 Å². The van der Waals surface area contributed by atoms with Crippen molar-refractivity contribution in [3.05, 3.63) is 12.4 Å². The summed E-state index contributed by atoms with van der Waals surface area (Å²) in [5.74, 6) is -1.03. The number of nitrogens with zero attached hydrogens (tertiary/aromatic N) is 2. The van der Waals surface area contributed by atoms with Gasteiger partial charge in [-0.2, -0.15) is 5.10 Å². The molecular formula is C8H12N2O4S. The van der Waals surface area contributed by atoms with Crippen LogP contribution in [0, 0.1) is 0 Å². The summed E-state index contributed by atoms with van der Waals surface area (Å²) in [4.78, 5) is 10.8. The monoisotopic (exact) mass is 232 g/mol. The van der Waals surface area contributed by atoms with Crippen LogP contribution in [0.2, 0.25) is 0 Å². The molecule has 0 aliphatic carbocycles. The van der Waals surface area contributed by atoms with Gasteiger partial charge >= 0.3 is 5.97 Å². The fraction of sp³-hybridized carbons (Fsp3) is 0.500. The van der Waals surface area contributed by atoms with Crippen LogP contribution in [0.1, 0.15) is 19.4 Å². The average molecular weight is 232 g/mol. The van der Waals surface area contributed by atoms with Crippen LogP contribution in [0.3, 0.4) is 0 Å². The Morgan fingerprint density at radius 3 is 2.60 bits per heavy atom. The van der Waals surface area contributed by atoms with Crippen molar-refractivity contribution in [1.29, 1.82) is 0 Å². The highest BCUT2D eigenvalue weighted by Crippen LogP contribution is 2.14. The van der Waals surface area contributed by atoms with Crippen molar-refractivity contribution in [1.82, 2.24) is 9.78 Å². The number of aliphatic carboxylic acids is 1. The third-order valence-electron chi connectivity index (χ3n) is 2.00. The zero-order valence-electron chi connectivity index (χ0n) is 8.41. The standard InChI is InChI=1S/C8H12N2O4S/c1-3-7(8(11)12)10-5-6(4-9-10)15(2,13)14/h4-5,7H,3H2,1-2H3,(H,11,12). The fourth-order valence-electron chi connectivity index (χ4n) is 1.16. The van der Waals surface area contributed by atoms with Crippen molar-refractivity contribution >= 4 is 15.8 Å². The molecule has 1 N–H and O–H groups in total. The summed E-state index contributed by atoms with van der Waals surface area (Å²) in [7, 11) is -3.33. The maximum absolute atomic E-state index is 11.1. The Morgan fingerprint density at radius 2 is 2.27 bits per heavy atom. The molecule has 0 bridgehead atoms. The van der Waals surface area contributed by atoms with Crippen LogP contribution in [0.4, 0.5) is 0 Å². The number of hydrogen-bond donors (Lipinski definition) is 1. The van der Waals surface area contributed by atoms with E-state index in [-0.39, 0.29) is 4.90 Å². The van der Waals surface area contributed by atoms with Gasteiger partial charge in [0.05, 0.1) is 6.20 Å². The predicted molar refractivity (Wildman–Crippen MR) is 52.3 cm³/mol. The molecule has 1 aromatic heterocycles. The van der Waals surface area contributed by atoms with Crippen LogP contribution in [0.25, 0.3) is 0 Å². The first kappa shape index (κ1) is 11.7. The summed E-state index contributed by atoms with van der Waals surface area (Å²) >= 11 is 0. The summed E-state index contributed by atoms with van der Waals surface area (Å²) in [6.07, 6.45) is 3.79. The SMILES string of the molecule is CCC(C(=O)O)n1cc(S(C)(=O)=O)cn1. The highest BCUT2D eigenvalue weighted by Gasteiger charge is 2.20. The van der Waals surface area contributed by atoms with E-state index in [0.717, 1.165) is 17.1 Å². The Morgan fingerprint density at radius 1 is 1.67 bits per heavy atom. The van der Waals surface area contributed by atoms with E-state index in [0.29, 0.717) is 6.42 Å². The predicted octanol–water partition coefficient (Wildman–Crippen LogP) is 0.322. The maximum Gasteiger partial charge on any atom is 0.328 e. The lowest BCUT2D eigenvalue weighted by Gasteiger charge is -2.08. The molecule has 1 atom stereocenters. The average Bonchev–Trinajstić information content (AvgIpc) is 2.52. The molecule has 1 aromatic rings. The van der Waals surface area contributed by atoms with Crippen molar-refractivity contribution in [2.75, 3.05) is 6.26 Å². The van der Waals surface area contributed by atoms with Gasteiger partial charge in [-0.25, -0.2) is 13.2 Å². The topological polar surface area (TPSA) is 89.3 Å². The first-order chi connectivity index (χ1) is 6.86. The van der Waals surface area contributed by atoms with Crippen LogP contribution >= 0.6 is 0 Å². The van der Waals surface area contributed by atoms with Crippen molar-refractivity contribution < 1.29 is 18.3 Å². The summed E-state index contributed by atoms with van der Waals surface area (Å²) in [5.41, 5.74) is 0. The zero-order chi connectivity index (χ0) is 11.6. The minimum atomic E-state index is -3.33. The summed E-state index contributed by atoms with van der Waals surface area (Å²) < 4.78 is 23.4. The molecule has 0 fully saturated rings. The lowest BCUT2D eigenvalue weighted by atomic mass is 10.2. The van der Waals surface area contributed by atoms with E-state index in [1.54, 1.807) is 6.92 Å². The van der Waals surface area contributed by atoms with Gasteiger partial charge in [-0.1, -0.05) is 6.92 Å². The van der Waals surface area contributed by atoms with Crippen molar-refractivity contribution in [3.8, 4) is 0 Å². The third kappa shape index (κ3) is 2.56. The Labute approximate surface area is 87.4 Å². The van der Waals surface area contributed by atoms with Crippen molar-refractivity contribution in [3.63, 3.8) is 0 Å². The number of carboxylic acids is 1. The van der Waals surface area contributed by atoms with Crippen molar-refractivity contribution in [2.45, 2.75) is 24.3 Å². The Bertz CT molecular complexity index is 463. The molecule has 1 rings (SSSR count). The molecule has 1 unspecified atom stereocenters. The Hall–Kier alpha value is -1.37. The molecule has 0 spiro atoms. The lowest BCUT2D eigenvalue weighted by Crippen LogP contribution is -2.18. The molecule has 0 saturated carbocycles. The zero-order valence-corrected chi connectivity index (χ0v) is 9.23. The second-order valence-electron chi connectivity index (χ2n) is 3.19. The largest absolute Gasteiger partial charge is 0.480 e. The van der Waals surface area contributed by atoms with Crippen LogP contribution < -0.4 is 0 Å². The number of hydrogen-bond acceptors (Lipinski definition) is 4. The number of carbonyl (C=O) groups is 1. The van der Waals surface area contributed by atoms with E-state index in [2.05, 4.69) is 5.10 Å².